The maximum atomic E-state index is 12.2. The van der Waals surface area contributed by atoms with Crippen LogP contribution >= 0.6 is 35.6 Å². The van der Waals surface area contributed by atoms with Crippen molar-refractivity contribution in [2.75, 3.05) is 20.3 Å². The number of thiocarbonyl (C=S) groups is 1. The number of carbonyl (C=O) groups is 1. The van der Waals surface area contributed by atoms with Crippen molar-refractivity contribution in [1.82, 2.24) is 4.90 Å². The van der Waals surface area contributed by atoms with Gasteiger partial charge in [-0.3, -0.25) is 9.69 Å². The Morgan fingerprint density at radius 1 is 1.47 bits per heavy atom. The van der Waals surface area contributed by atoms with Crippen LogP contribution in [-0.2, 0) is 9.53 Å². The first-order chi connectivity index (χ1) is 9.13. The second-order valence-corrected chi connectivity index (χ2v) is 5.93. The van der Waals surface area contributed by atoms with Crippen LogP contribution < -0.4 is 0 Å². The summed E-state index contributed by atoms with van der Waals surface area (Å²) in [5.74, 6) is -0.0908. The van der Waals surface area contributed by atoms with E-state index in [0.29, 0.717) is 27.4 Å². The highest BCUT2D eigenvalue weighted by Crippen LogP contribution is 2.33. The average Bonchev–Trinajstić information content (AvgIpc) is 2.65. The molecule has 0 N–H and O–H groups in total. The molecule has 1 aliphatic heterocycles. The van der Waals surface area contributed by atoms with E-state index < -0.39 is 0 Å². The van der Waals surface area contributed by atoms with Crippen LogP contribution in [0, 0.1) is 0 Å². The predicted octanol–water partition coefficient (Wildman–Crippen LogP) is 3.19. The maximum absolute atomic E-state index is 12.2. The zero-order valence-electron chi connectivity index (χ0n) is 10.3. The van der Waals surface area contributed by atoms with E-state index in [2.05, 4.69) is 0 Å². The van der Waals surface area contributed by atoms with Crippen LogP contribution in [-0.4, -0.2) is 35.4 Å². The van der Waals surface area contributed by atoms with Gasteiger partial charge in [0.1, 0.15) is 4.32 Å². The summed E-state index contributed by atoms with van der Waals surface area (Å²) < 4.78 is 5.53. The van der Waals surface area contributed by atoms with Crippen LogP contribution in [0.1, 0.15) is 5.56 Å². The third-order valence-electron chi connectivity index (χ3n) is 2.58. The summed E-state index contributed by atoms with van der Waals surface area (Å²) >= 11 is 12.6. The van der Waals surface area contributed by atoms with Crippen molar-refractivity contribution >= 4 is 51.9 Å². The van der Waals surface area contributed by atoms with Gasteiger partial charge in [-0.2, -0.15) is 0 Å². The van der Waals surface area contributed by atoms with Gasteiger partial charge in [-0.25, -0.2) is 0 Å². The van der Waals surface area contributed by atoms with Gasteiger partial charge in [-0.15, -0.1) is 0 Å². The van der Waals surface area contributed by atoms with Gasteiger partial charge >= 0.3 is 0 Å². The molecule has 0 atom stereocenters. The summed E-state index contributed by atoms with van der Waals surface area (Å²) in [7, 11) is 1.59. The number of amides is 1. The number of methoxy groups -OCH3 is 1. The Bertz CT molecular complexity index is 545. The number of hydrogen-bond acceptors (Lipinski definition) is 4. The van der Waals surface area contributed by atoms with Crippen molar-refractivity contribution in [2.24, 2.45) is 0 Å². The lowest BCUT2D eigenvalue weighted by Gasteiger charge is -2.12. The van der Waals surface area contributed by atoms with Crippen LogP contribution in [0.15, 0.2) is 29.2 Å². The van der Waals surface area contributed by atoms with E-state index in [1.54, 1.807) is 24.2 Å². The van der Waals surface area contributed by atoms with Gasteiger partial charge in [0.15, 0.2) is 0 Å². The molecule has 1 aliphatic rings. The molecule has 1 aromatic rings. The van der Waals surface area contributed by atoms with Gasteiger partial charge in [0, 0.05) is 12.1 Å². The smallest absolute Gasteiger partial charge is 0.266 e. The number of hydrogen-bond donors (Lipinski definition) is 0. The van der Waals surface area contributed by atoms with Gasteiger partial charge in [0.25, 0.3) is 5.91 Å². The van der Waals surface area contributed by atoms with Crippen molar-refractivity contribution in [3.63, 3.8) is 0 Å². The molecule has 0 unspecified atom stereocenters. The number of nitrogens with zero attached hydrogens (tertiary/aromatic N) is 1. The molecular formula is C13H12ClNO2S2. The molecule has 0 radical (unpaired) electrons. The predicted molar refractivity (Wildman–Crippen MR) is 83.2 cm³/mol. The molecule has 1 amide bonds. The highest BCUT2D eigenvalue weighted by molar-refractivity contribution is 8.26. The number of halogens is 1. The van der Waals surface area contributed by atoms with Gasteiger partial charge < -0.3 is 4.74 Å². The molecular weight excluding hydrogens is 302 g/mol. The SMILES string of the molecule is COCCN1C(=O)C(=Cc2ccccc2Cl)SC1=S. The Morgan fingerprint density at radius 2 is 2.21 bits per heavy atom. The van der Waals surface area contributed by atoms with Crippen LogP contribution in [0.5, 0.6) is 0 Å². The quantitative estimate of drug-likeness (QED) is 0.631. The monoisotopic (exact) mass is 313 g/mol. The van der Waals surface area contributed by atoms with Gasteiger partial charge in [-0.1, -0.05) is 53.8 Å². The van der Waals surface area contributed by atoms with E-state index in [1.807, 2.05) is 18.2 Å². The Labute approximate surface area is 126 Å². The molecule has 3 nitrogen and oxygen atoms in total. The first-order valence-electron chi connectivity index (χ1n) is 5.62. The molecule has 0 spiro atoms. The summed E-state index contributed by atoms with van der Waals surface area (Å²) in [4.78, 5) is 14.3. The Balaban J connectivity index is 2.21. The van der Waals surface area contributed by atoms with Gasteiger partial charge in [0.2, 0.25) is 0 Å². The summed E-state index contributed by atoms with van der Waals surface area (Å²) in [5, 5.41) is 0.615. The topological polar surface area (TPSA) is 29.5 Å². The minimum absolute atomic E-state index is 0.0908. The largest absolute Gasteiger partial charge is 0.383 e. The number of benzene rings is 1. The lowest BCUT2D eigenvalue weighted by atomic mass is 10.2. The zero-order valence-corrected chi connectivity index (χ0v) is 12.6. The van der Waals surface area contributed by atoms with E-state index in [-0.39, 0.29) is 5.91 Å². The molecule has 1 saturated heterocycles. The molecule has 0 saturated carbocycles. The summed E-state index contributed by atoms with van der Waals surface area (Å²) in [6.07, 6.45) is 1.77. The fourth-order valence-corrected chi connectivity index (χ4v) is 3.10. The third-order valence-corrected chi connectivity index (χ3v) is 4.31. The molecule has 0 aromatic heterocycles. The fraction of sp³-hybridized carbons (Fsp3) is 0.231. The minimum atomic E-state index is -0.0908. The Morgan fingerprint density at radius 3 is 2.89 bits per heavy atom. The first kappa shape index (κ1) is 14.5. The van der Waals surface area contributed by atoms with Crippen LogP contribution in [0.4, 0.5) is 0 Å². The molecule has 1 fully saturated rings. The number of thioether (sulfide) groups is 1. The molecule has 100 valence electrons. The van der Waals surface area contributed by atoms with Crippen molar-refractivity contribution < 1.29 is 9.53 Å². The first-order valence-corrected chi connectivity index (χ1v) is 7.22. The summed E-state index contributed by atoms with van der Waals surface area (Å²) in [6.45, 7) is 0.937. The highest BCUT2D eigenvalue weighted by atomic mass is 35.5. The van der Waals surface area contributed by atoms with Crippen LogP contribution in [0.25, 0.3) is 6.08 Å². The molecule has 1 aromatic carbocycles. The van der Waals surface area contributed by atoms with Crippen LogP contribution in [0.2, 0.25) is 5.02 Å². The number of carbonyl (C=O) groups excluding carboxylic acids is 1. The molecule has 6 heteroatoms. The van der Waals surface area contributed by atoms with Gasteiger partial charge in [-0.05, 0) is 17.7 Å². The van der Waals surface area contributed by atoms with E-state index in [9.17, 15) is 4.79 Å². The van der Waals surface area contributed by atoms with Crippen molar-refractivity contribution in [3.05, 3.63) is 39.8 Å². The summed E-state index contributed by atoms with van der Waals surface area (Å²) in [6, 6.07) is 7.38. The normalized spacial score (nSPS) is 17.6. The zero-order chi connectivity index (χ0) is 13.8. The average molecular weight is 314 g/mol. The van der Waals surface area contributed by atoms with E-state index in [1.165, 1.54) is 11.8 Å². The molecule has 0 bridgehead atoms. The third kappa shape index (κ3) is 3.36. The maximum Gasteiger partial charge on any atom is 0.266 e. The Hall–Kier alpha value is -0.880. The fourth-order valence-electron chi connectivity index (χ4n) is 1.61. The number of rotatable bonds is 4. The molecule has 2 rings (SSSR count). The lowest BCUT2D eigenvalue weighted by molar-refractivity contribution is -0.122. The van der Waals surface area contributed by atoms with E-state index in [0.717, 1.165) is 5.56 Å². The van der Waals surface area contributed by atoms with Gasteiger partial charge in [0.05, 0.1) is 18.1 Å². The molecule has 0 aliphatic carbocycles. The lowest BCUT2D eigenvalue weighted by Crippen LogP contribution is -2.31. The number of ether oxygens (including phenoxy) is 1. The molecule has 19 heavy (non-hydrogen) atoms. The molecule has 1 heterocycles. The highest BCUT2D eigenvalue weighted by Gasteiger charge is 2.31. The van der Waals surface area contributed by atoms with Crippen molar-refractivity contribution in [3.8, 4) is 0 Å². The summed E-state index contributed by atoms with van der Waals surface area (Å²) in [5.41, 5.74) is 0.816. The van der Waals surface area contributed by atoms with Crippen LogP contribution in [0.3, 0.4) is 0 Å². The van der Waals surface area contributed by atoms with Crippen molar-refractivity contribution in [2.45, 2.75) is 0 Å². The Kier molecular flexibility index (Phi) is 4.99. The second-order valence-electron chi connectivity index (χ2n) is 3.85. The minimum Gasteiger partial charge on any atom is -0.383 e. The van der Waals surface area contributed by atoms with E-state index >= 15 is 0 Å². The van der Waals surface area contributed by atoms with Crippen molar-refractivity contribution in [1.29, 1.82) is 0 Å². The second kappa shape index (κ2) is 6.52. The standard InChI is InChI=1S/C13H12ClNO2S2/c1-17-7-6-15-12(16)11(19-13(15)18)8-9-4-2-3-5-10(9)14/h2-5,8H,6-7H2,1H3. The van der Waals surface area contributed by atoms with E-state index in [4.69, 9.17) is 28.6 Å².